The number of nitrogens with two attached hydrogens (primary N) is 1. The zero-order valence-corrected chi connectivity index (χ0v) is 9.55. The normalized spacial score (nSPS) is 32.6. The summed E-state index contributed by atoms with van der Waals surface area (Å²) in [6.07, 6.45) is -0.955. The summed E-state index contributed by atoms with van der Waals surface area (Å²) in [5.41, 5.74) is 0. The molecule has 7 heteroatoms. The van der Waals surface area contributed by atoms with Crippen LogP contribution < -0.4 is 5.32 Å². The molecule has 0 aromatic carbocycles. The first-order valence-electron chi connectivity index (χ1n) is 5.17. The topological polar surface area (TPSA) is 57.2 Å². The molecule has 0 saturated carbocycles. The van der Waals surface area contributed by atoms with Gasteiger partial charge in [0.05, 0.1) is 32.1 Å². The van der Waals surface area contributed by atoms with Gasteiger partial charge in [-0.05, 0) is 0 Å². The summed E-state index contributed by atoms with van der Waals surface area (Å²) in [7, 11) is 0. The van der Waals surface area contributed by atoms with Crippen molar-refractivity contribution in [1.29, 1.82) is 0 Å². The van der Waals surface area contributed by atoms with E-state index >= 15 is 0 Å². The summed E-state index contributed by atoms with van der Waals surface area (Å²) in [4.78, 5) is 12.8. The molecule has 0 aromatic heterocycles. The van der Waals surface area contributed by atoms with Crippen molar-refractivity contribution >= 4 is 18.3 Å². The Morgan fingerprint density at radius 2 is 2.19 bits per heavy atom. The van der Waals surface area contributed by atoms with Crippen molar-refractivity contribution in [2.75, 3.05) is 26.2 Å². The van der Waals surface area contributed by atoms with Crippen LogP contribution in [0.4, 0.5) is 8.78 Å². The van der Waals surface area contributed by atoms with Gasteiger partial charge < -0.3 is 15.3 Å². The molecule has 1 unspecified atom stereocenters. The van der Waals surface area contributed by atoms with Crippen molar-refractivity contribution in [3.05, 3.63) is 0 Å². The molecule has 0 spiro atoms. The van der Waals surface area contributed by atoms with Gasteiger partial charge in [-0.1, -0.05) is 0 Å². The molecular formula is C9H16ClF2N2O2+. The molecule has 2 saturated heterocycles. The van der Waals surface area contributed by atoms with Gasteiger partial charge in [0.1, 0.15) is 6.10 Å². The molecule has 94 valence electrons. The number of carbonyl (C=O) groups is 1. The van der Waals surface area contributed by atoms with Crippen molar-refractivity contribution in [3.63, 3.8) is 0 Å². The number of likely N-dealkylation sites (tertiary alicyclic amines) is 1. The Morgan fingerprint density at radius 1 is 1.50 bits per heavy atom. The molecule has 2 aliphatic heterocycles. The molecule has 0 bridgehead atoms. The fraction of sp³-hybridized carbons (Fsp3) is 0.889. The number of halogens is 3. The van der Waals surface area contributed by atoms with Crippen LogP contribution in [0.5, 0.6) is 0 Å². The summed E-state index contributed by atoms with van der Waals surface area (Å²) in [6, 6.07) is 0. The van der Waals surface area contributed by atoms with E-state index in [0.29, 0.717) is 6.54 Å². The lowest BCUT2D eigenvalue weighted by atomic mass is 10.1. The molecule has 4 nitrogen and oxygen atoms in total. The Kier molecular flexibility index (Phi) is 4.09. The number of β-amino-alcohol motifs (C(OH)–C–C–N with tert-alkyl or cyclic N) is 1. The highest BCUT2D eigenvalue weighted by molar-refractivity contribution is 5.85. The van der Waals surface area contributed by atoms with Crippen molar-refractivity contribution in [2.24, 2.45) is 5.92 Å². The minimum atomic E-state index is -3.14. The van der Waals surface area contributed by atoms with E-state index in [1.165, 1.54) is 0 Å². The molecule has 0 radical (unpaired) electrons. The average molecular weight is 258 g/mol. The first kappa shape index (κ1) is 13.6. The highest BCUT2D eigenvalue weighted by atomic mass is 35.5. The number of aliphatic hydroxyl groups excluding tert-OH is 1. The van der Waals surface area contributed by atoms with Crippen LogP contribution in [0.25, 0.3) is 0 Å². The molecule has 3 N–H and O–H groups in total. The number of hydrogen-bond acceptors (Lipinski definition) is 2. The predicted octanol–water partition coefficient (Wildman–Crippen LogP) is -1.17. The highest BCUT2D eigenvalue weighted by Crippen LogP contribution is 2.28. The van der Waals surface area contributed by atoms with E-state index in [9.17, 15) is 13.6 Å². The number of rotatable bonds is 1. The van der Waals surface area contributed by atoms with E-state index in [0.717, 1.165) is 17.9 Å². The Bertz CT molecular complexity index is 272. The number of amides is 1. The van der Waals surface area contributed by atoms with Gasteiger partial charge in [0.2, 0.25) is 5.91 Å². The Morgan fingerprint density at radius 3 is 2.62 bits per heavy atom. The lowest BCUT2D eigenvalue weighted by molar-refractivity contribution is -0.637. The van der Waals surface area contributed by atoms with E-state index < -0.39 is 18.6 Å². The minimum Gasteiger partial charge on any atom is -0.385 e. The largest absolute Gasteiger partial charge is 0.385 e. The summed E-state index contributed by atoms with van der Waals surface area (Å²) >= 11 is 0. The maximum Gasteiger partial charge on any atom is 0.292 e. The van der Waals surface area contributed by atoms with Gasteiger partial charge in [-0.25, -0.2) is 8.78 Å². The van der Waals surface area contributed by atoms with Crippen molar-refractivity contribution < 1.29 is 24.0 Å². The molecule has 2 heterocycles. The third-order valence-corrected chi connectivity index (χ3v) is 3.11. The van der Waals surface area contributed by atoms with Crippen LogP contribution in [0.3, 0.4) is 0 Å². The van der Waals surface area contributed by atoms with Crippen LogP contribution in [0.15, 0.2) is 0 Å². The standard InChI is InChI=1S/C9H14F2N2O2.ClH/c10-9(11)5-13(4-7(9)14)8(15)6-1-2-12-3-6;/h6-7,12,14H,1-5H2;1H/p+1/t6-,7?;/m1./s1. The molecule has 2 fully saturated rings. The van der Waals surface area contributed by atoms with E-state index in [1.54, 1.807) is 0 Å². The fourth-order valence-electron chi connectivity index (χ4n) is 2.17. The van der Waals surface area contributed by atoms with E-state index in [4.69, 9.17) is 5.11 Å². The first-order chi connectivity index (χ1) is 7.00. The van der Waals surface area contributed by atoms with Crippen LogP contribution in [-0.4, -0.2) is 54.1 Å². The third-order valence-electron chi connectivity index (χ3n) is 3.11. The van der Waals surface area contributed by atoms with Crippen LogP contribution in [0.1, 0.15) is 6.42 Å². The summed E-state index contributed by atoms with van der Waals surface area (Å²) < 4.78 is 26.0. The van der Waals surface area contributed by atoms with E-state index in [-0.39, 0.29) is 30.8 Å². The average Bonchev–Trinajstić information content (AvgIpc) is 2.74. The van der Waals surface area contributed by atoms with Gasteiger partial charge in [-0.3, -0.25) is 4.79 Å². The van der Waals surface area contributed by atoms with Crippen molar-refractivity contribution in [1.82, 2.24) is 4.90 Å². The molecule has 2 aliphatic rings. The molecule has 0 aliphatic carbocycles. The number of hydrogen-bond donors (Lipinski definition) is 2. The Labute approximate surface area is 98.4 Å². The summed E-state index contributed by atoms with van der Waals surface area (Å²) in [6.45, 7) is 0.687. The zero-order chi connectivity index (χ0) is 11.1. The molecule has 2 atom stereocenters. The van der Waals surface area contributed by atoms with Gasteiger partial charge in [-0.15, -0.1) is 12.4 Å². The second-order valence-electron chi connectivity index (χ2n) is 4.29. The molecule has 16 heavy (non-hydrogen) atoms. The Hall–Kier alpha value is -0.460. The molecule has 1 amide bonds. The third kappa shape index (κ3) is 2.44. The van der Waals surface area contributed by atoms with Gasteiger partial charge in [0.15, 0.2) is 0 Å². The number of alkyl halides is 2. The van der Waals surface area contributed by atoms with E-state index in [2.05, 4.69) is 0 Å². The quantitative estimate of drug-likeness (QED) is 0.622. The molecule has 2 rings (SSSR count). The van der Waals surface area contributed by atoms with Crippen LogP contribution in [-0.2, 0) is 4.79 Å². The lowest BCUT2D eigenvalue weighted by Gasteiger charge is -2.17. The second kappa shape index (κ2) is 4.81. The first-order valence-corrected chi connectivity index (χ1v) is 5.17. The van der Waals surface area contributed by atoms with Gasteiger partial charge in [-0.2, -0.15) is 0 Å². The highest BCUT2D eigenvalue weighted by Gasteiger charge is 2.49. The SMILES string of the molecule is Cl.O=C([C@@H]1CC[NH2+]C1)N1CC(O)C(F)(F)C1. The minimum absolute atomic E-state index is 0. The van der Waals surface area contributed by atoms with Crippen LogP contribution in [0.2, 0.25) is 0 Å². The molecule has 0 aromatic rings. The summed E-state index contributed by atoms with van der Waals surface area (Å²) in [5.74, 6) is -3.52. The van der Waals surface area contributed by atoms with Gasteiger partial charge >= 0.3 is 0 Å². The van der Waals surface area contributed by atoms with Gasteiger partial charge in [0.25, 0.3) is 5.92 Å². The van der Waals surface area contributed by atoms with Crippen LogP contribution >= 0.6 is 12.4 Å². The number of quaternary nitrogens is 1. The van der Waals surface area contributed by atoms with E-state index in [1.807, 2.05) is 5.32 Å². The number of carbonyl (C=O) groups excluding carboxylic acids is 1. The van der Waals surface area contributed by atoms with Crippen molar-refractivity contribution in [3.8, 4) is 0 Å². The number of aliphatic hydroxyl groups is 1. The smallest absolute Gasteiger partial charge is 0.292 e. The Balaban J connectivity index is 0.00000128. The number of nitrogens with zero attached hydrogens (tertiary/aromatic N) is 1. The molecular weight excluding hydrogens is 242 g/mol. The fourth-order valence-corrected chi connectivity index (χ4v) is 2.17. The van der Waals surface area contributed by atoms with Gasteiger partial charge in [0, 0.05) is 6.42 Å². The van der Waals surface area contributed by atoms with Crippen LogP contribution in [0, 0.1) is 5.92 Å². The maximum absolute atomic E-state index is 13.0. The predicted molar refractivity (Wildman–Crippen MR) is 54.5 cm³/mol. The monoisotopic (exact) mass is 257 g/mol. The second-order valence-corrected chi connectivity index (χ2v) is 4.29. The van der Waals surface area contributed by atoms with Crippen molar-refractivity contribution in [2.45, 2.75) is 18.4 Å². The zero-order valence-electron chi connectivity index (χ0n) is 8.73. The maximum atomic E-state index is 13.0. The summed E-state index contributed by atoms with van der Waals surface area (Å²) in [5, 5.41) is 11.1. The lowest BCUT2D eigenvalue weighted by Crippen LogP contribution is -2.81.